The molecule has 1 amide bonds. The van der Waals surface area contributed by atoms with Gasteiger partial charge in [-0.2, -0.15) is 0 Å². The van der Waals surface area contributed by atoms with Gasteiger partial charge in [0.15, 0.2) is 9.84 Å². The predicted molar refractivity (Wildman–Crippen MR) is 69.3 cm³/mol. The molecule has 2 N–H and O–H groups in total. The molecule has 0 radical (unpaired) electrons. The zero-order chi connectivity index (χ0) is 14.8. The number of carbonyl (C=O) groups is 2. The van der Waals surface area contributed by atoms with E-state index in [1.807, 2.05) is 0 Å². The van der Waals surface area contributed by atoms with Crippen LogP contribution in [0.15, 0.2) is 17.0 Å². The highest BCUT2D eigenvalue weighted by molar-refractivity contribution is 7.92. The SMILES string of the molecule is CNC(=O)CS(=O)(=O)c1cc(Cl)cc(C(=O)O)c1C. The van der Waals surface area contributed by atoms with E-state index in [1.165, 1.54) is 14.0 Å². The maximum absolute atomic E-state index is 12.0. The Hall–Kier alpha value is -1.60. The Morgan fingerprint density at radius 1 is 1.37 bits per heavy atom. The van der Waals surface area contributed by atoms with Crippen molar-refractivity contribution in [2.45, 2.75) is 11.8 Å². The first-order chi connectivity index (χ1) is 8.69. The van der Waals surface area contributed by atoms with Crippen LogP contribution in [0.4, 0.5) is 0 Å². The fourth-order valence-corrected chi connectivity index (χ4v) is 3.33. The number of hydrogen-bond donors (Lipinski definition) is 2. The standard InChI is InChI=1S/C11H12ClNO5S/c1-6-8(11(15)16)3-7(12)4-9(6)19(17,18)5-10(14)13-2/h3-4H,5H2,1-2H3,(H,13,14)(H,15,16). The summed E-state index contributed by atoms with van der Waals surface area (Å²) in [6.45, 7) is 1.36. The predicted octanol–water partition coefficient (Wildman–Crippen LogP) is 0.866. The first-order valence-corrected chi connectivity index (χ1v) is 7.19. The van der Waals surface area contributed by atoms with Crippen LogP contribution < -0.4 is 5.32 Å². The highest BCUT2D eigenvalue weighted by Crippen LogP contribution is 2.25. The van der Waals surface area contributed by atoms with Gasteiger partial charge in [-0.1, -0.05) is 11.6 Å². The van der Waals surface area contributed by atoms with Gasteiger partial charge in [0.2, 0.25) is 5.91 Å². The van der Waals surface area contributed by atoms with Gasteiger partial charge in [-0.25, -0.2) is 13.2 Å². The second-order valence-electron chi connectivity index (χ2n) is 3.81. The average molecular weight is 306 g/mol. The maximum atomic E-state index is 12.0. The molecule has 104 valence electrons. The molecule has 0 aliphatic heterocycles. The molecule has 19 heavy (non-hydrogen) atoms. The fourth-order valence-electron chi connectivity index (χ4n) is 1.52. The van der Waals surface area contributed by atoms with Crippen molar-refractivity contribution in [2.24, 2.45) is 0 Å². The minimum absolute atomic E-state index is 0.0153. The number of carboxylic acid groups (broad SMARTS) is 1. The van der Waals surface area contributed by atoms with Crippen LogP contribution >= 0.6 is 11.6 Å². The van der Waals surface area contributed by atoms with E-state index in [-0.39, 0.29) is 21.0 Å². The number of carbonyl (C=O) groups excluding carboxylic acids is 1. The average Bonchev–Trinajstić information content (AvgIpc) is 2.30. The van der Waals surface area contributed by atoms with Crippen molar-refractivity contribution in [2.75, 3.05) is 12.8 Å². The van der Waals surface area contributed by atoms with E-state index in [9.17, 15) is 18.0 Å². The Morgan fingerprint density at radius 2 is 1.95 bits per heavy atom. The number of halogens is 1. The molecule has 0 fully saturated rings. The Labute approximate surface area is 115 Å². The van der Waals surface area contributed by atoms with Gasteiger partial charge < -0.3 is 10.4 Å². The summed E-state index contributed by atoms with van der Waals surface area (Å²) in [5.41, 5.74) is -0.149. The zero-order valence-corrected chi connectivity index (χ0v) is 11.8. The number of carboxylic acids is 1. The van der Waals surface area contributed by atoms with Crippen molar-refractivity contribution in [3.05, 3.63) is 28.3 Å². The number of aromatic carboxylic acids is 1. The molecule has 0 aliphatic carbocycles. The Morgan fingerprint density at radius 3 is 2.42 bits per heavy atom. The molecule has 0 spiro atoms. The second kappa shape index (κ2) is 5.58. The Bertz CT molecular complexity index is 639. The Balaban J connectivity index is 3.43. The summed E-state index contributed by atoms with van der Waals surface area (Å²) in [5.74, 6) is -2.73. The summed E-state index contributed by atoms with van der Waals surface area (Å²) >= 11 is 5.71. The molecule has 0 bridgehead atoms. The number of sulfone groups is 1. The molecule has 0 atom stereocenters. The molecule has 1 aromatic carbocycles. The maximum Gasteiger partial charge on any atom is 0.336 e. The van der Waals surface area contributed by atoms with E-state index in [0.717, 1.165) is 12.1 Å². The first-order valence-electron chi connectivity index (χ1n) is 5.16. The third-order valence-electron chi connectivity index (χ3n) is 2.49. The highest BCUT2D eigenvalue weighted by Gasteiger charge is 2.24. The van der Waals surface area contributed by atoms with Crippen LogP contribution in [0.25, 0.3) is 0 Å². The summed E-state index contributed by atoms with van der Waals surface area (Å²) in [6, 6.07) is 2.31. The van der Waals surface area contributed by atoms with Gasteiger partial charge in [0, 0.05) is 12.1 Å². The quantitative estimate of drug-likeness (QED) is 0.859. The minimum Gasteiger partial charge on any atom is -0.478 e. The number of rotatable bonds is 4. The van der Waals surface area contributed by atoms with Crippen LogP contribution in [0.1, 0.15) is 15.9 Å². The van der Waals surface area contributed by atoms with E-state index < -0.39 is 27.5 Å². The fraction of sp³-hybridized carbons (Fsp3) is 0.273. The van der Waals surface area contributed by atoms with E-state index in [2.05, 4.69) is 5.32 Å². The lowest BCUT2D eigenvalue weighted by molar-refractivity contribution is -0.118. The van der Waals surface area contributed by atoms with Crippen LogP contribution in [0.5, 0.6) is 0 Å². The van der Waals surface area contributed by atoms with Gasteiger partial charge in [0.1, 0.15) is 5.75 Å². The van der Waals surface area contributed by atoms with Crippen LogP contribution in [0.2, 0.25) is 5.02 Å². The third-order valence-corrected chi connectivity index (χ3v) is 4.44. The van der Waals surface area contributed by atoms with Crippen molar-refractivity contribution in [3.8, 4) is 0 Å². The molecular formula is C11H12ClNO5S. The molecule has 8 heteroatoms. The monoisotopic (exact) mass is 305 g/mol. The van der Waals surface area contributed by atoms with Gasteiger partial charge in [-0.3, -0.25) is 4.79 Å². The van der Waals surface area contributed by atoms with E-state index >= 15 is 0 Å². The van der Waals surface area contributed by atoms with Crippen LogP contribution in [-0.2, 0) is 14.6 Å². The summed E-state index contributed by atoms with van der Waals surface area (Å²) in [5, 5.41) is 11.2. The molecule has 0 aromatic heterocycles. The number of amides is 1. The van der Waals surface area contributed by atoms with Gasteiger partial charge in [-0.15, -0.1) is 0 Å². The molecular weight excluding hydrogens is 294 g/mol. The zero-order valence-electron chi connectivity index (χ0n) is 10.2. The molecule has 1 rings (SSSR count). The molecule has 6 nitrogen and oxygen atoms in total. The van der Waals surface area contributed by atoms with Gasteiger partial charge in [0.05, 0.1) is 10.5 Å². The Kier molecular flexibility index (Phi) is 4.54. The normalized spacial score (nSPS) is 11.1. The molecule has 1 aromatic rings. The molecule has 0 aliphatic rings. The van der Waals surface area contributed by atoms with Crippen LogP contribution in [-0.4, -0.2) is 38.2 Å². The smallest absolute Gasteiger partial charge is 0.336 e. The minimum atomic E-state index is -3.94. The largest absolute Gasteiger partial charge is 0.478 e. The highest BCUT2D eigenvalue weighted by atomic mass is 35.5. The number of nitrogens with one attached hydrogen (secondary N) is 1. The van der Waals surface area contributed by atoms with Crippen molar-refractivity contribution < 1.29 is 23.1 Å². The van der Waals surface area contributed by atoms with Crippen molar-refractivity contribution in [1.29, 1.82) is 0 Å². The molecule has 0 unspecified atom stereocenters. The van der Waals surface area contributed by atoms with E-state index in [0.29, 0.717) is 0 Å². The van der Waals surface area contributed by atoms with E-state index in [1.54, 1.807) is 0 Å². The molecule has 0 saturated heterocycles. The van der Waals surface area contributed by atoms with Crippen molar-refractivity contribution in [3.63, 3.8) is 0 Å². The third kappa shape index (κ3) is 3.45. The van der Waals surface area contributed by atoms with Gasteiger partial charge in [0.25, 0.3) is 0 Å². The number of hydrogen-bond acceptors (Lipinski definition) is 4. The molecule has 0 saturated carbocycles. The van der Waals surface area contributed by atoms with E-state index in [4.69, 9.17) is 16.7 Å². The number of benzene rings is 1. The summed E-state index contributed by atoms with van der Waals surface area (Å²) in [7, 11) is -2.63. The van der Waals surface area contributed by atoms with Crippen molar-refractivity contribution in [1.82, 2.24) is 5.32 Å². The second-order valence-corrected chi connectivity index (χ2v) is 6.21. The summed E-state index contributed by atoms with van der Waals surface area (Å²) in [4.78, 5) is 21.9. The lowest BCUT2D eigenvalue weighted by atomic mass is 10.1. The van der Waals surface area contributed by atoms with Gasteiger partial charge >= 0.3 is 5.97 Å². The summed E-state index contributed by atoms with van der Waals surface area (Å²) in [6.07, 6.45) is 0. The lowest BCUT2D eigenvalue weighted by Gasteiger charge is -2.10. The lowest BCUT2D eigenvalue weighted by Crippen LogP contribution is -2.27. The first kappa shape index (κ1) is 15.5. The summed E-state index contributed by atoms with van der Waals surface area (Å²) < 4.78 is 24.1. The van der Waals surface area contributed by atoms with Gasteiger partial charge in [-0.05, 0) is 24.6 Å². The van der Waals surface area contributed by atoms with Crippen molar-refractivity contribution >= 4 is 33.3 Å². The molecule has 0 heterocycles. The van der Waals surface area contributed by atoms with Crippen LogP contribution in [0, 0.1) is 6.92 Å². The van der Waals surface area contributed by atoms with Crippen LogP contribution in [0.3, 0.4) is 0 Å². The topological polar surface area (TPSA) is 101 Å².